The number of hydrogen-bond acceptors (Lipinski definition) is 3. The SMILES string of the molecule is CCCOCCNCCCN(C)c1ccccc1. The second kappa shape index (κ2) is 9.92. The Bertz CT molecular complexity index is 290. The van der Waals surface area contributed by atoms with Crippen LogP contribution in [-0.4, -0.2) is 39.9 Å². The number of hydrogen-bond donors (Lipinski definition) is 1. The number of benzene rings is 1. The Balaban J connectivity index is 1.98. The van der Waals surface area contributed by atoms with Crippen LogP contribution in [0.5, 0.6) is 0 Å². The summed E-state index contributed by atoms with van der Waals surface area (Å²) in [4.78, 5) is 2.29. The summed E-state index contributed by atoms with van der Waals surface area (Å²) in [7, 11) is 2.14. The minimum atomic E-state index is 0.822. The average Bonchev–Trinajstić information content (AvgIpc) is 2.42. The predicted molar refractivity (Wildman–Crippen MR) is 78.3 cm³/mol. The largest absolute Gasteiger partial charge is 0.380 e. The van der Waals surface area contributed by atoms with Gasteiger partial charge in [0.1, 0.15) is 0 Å². The second-order valence-electron chi connectivity index (χ2n) is 4.47. The minimum absolute atomic E-state index is 0.822. The Kier molecular flexibility index (Phi) is 8.26. The molecular formula is C15H26N2O. The third kappa shape index (κ3) is 6.62. The summed E-state index contributed by atoms with van der Waals surface area (Å²) in [6.07, 6.45) is 2.25. The standard InChI is InChI=1S/C15H26N2O/c1-3-13-18-14-11-16-10-7-12-17(2)15-8-5-4-6-9-15/h4-6,8-9,16H,3,7,10-14H2,1-2H3. The van der Waals surface area contributed by atoms with E-state index in [1.807, 2.05) is 0 Å². The Morgan fingerprint density at radius 1 is 1.11 bits per heavy atom. The van der Waals surface area contributed by atoms with Crippen molar-refractivity contribution in [3.05, 3.63) is 30.3 Å². The summed E-state index contributed by atoms with van der Waals surface area (Å²) in [6.45, 7) is 6.90. The fourth-order valence-electron chi connectivity index (χ4n) is 1.77. The first-order chi connectivity index (χ1) is 8.84. The number of nitrogens with zero attached hydrogens (tertiary/aromatic N) is 1. The van der Waals surface area contributed by atoms with Crippen molar-refractivity contribution in [2.75, 3.05) is 44.8 Å². The van der Waals surface area contributed by atoms with E-state index in [-0.39, 0.29) is 0 Å². The highest BCUT2D eigenvalue weighted by molar-refractivity contribution is 5.44. The zero-order valence-corrected chi connectivity index (χ0v) is 11.7. The molecule has 0 heterocycles. The van der Waals surface area contributed by atoms with Gasteiger partial charge in [0, 0.05) is 32.4 Å². The maximum atomic E-state index is 5.41. The molecule has 1 aromatic carbocycles. The summed E-state index contributed by atoms with van der Waals surface area (Å²) < 4.78 is 5.41. The molecule has 0 spiro atoms. The van der Waals surface area contributed by atoms with Gasteiger partial charge in [-0.15, -0.1) is 0 Å². The number of anilines is 1. The molecule has 0 radical (unpaired) electrons. The molecule has 1 aromatic rings. The first-order valence-electron chi connectivity index (χ1n) is 6.89. The van der Waals surface area contributed by atoms with E-state index in [0.29, 0.717) is 0 Å². The van der Waals surface area contributed by atoms with Gasteiger partial charge in [0.05, 0.1) is 6.61 Å². The van der Waals surface area contributed by atoms with Crippen LogP contribution in [0.4, 0.5) is 5.69 Å². The van der Waals surface area contributed by atoms with E-state index in [1.54, 1.807) is 0 Å². The fourth-order valence-corrected chi connectivity index (χ4v) is 1.77. The van der Waals surface area contributed by atoms with Gasteiger partial charge in [0.15, 0.2) is 0 Å². The Hall–Kier alpha value is -1.06. The van der Waals surface area contributed by atoms with Crippen LogP contribution in [0.15, 0.2) is 30.3 Å². The highest BCUT2D eigenvalue weighted by Crippen LogP contribution is 2.10. The van der Waals surface area contributed by atoms with Crippen molar-refractivity contribution in [1.82, 2.24) is 5.32 Å². The van der Waals surface area contributed by atoms with Crippen molar-refractivity contribution in [3.8, 4) is 0 Å². The summed E-state index contributed by atoms with van der Waals surface area (Å²) in [5.74, 6) is 0. The molecule has 0 aliphatic rings. The first kappa shape index (κ1) is 15.0. The highest BCUT2D eigenvalue weighted by atomic mass is 16.5. The third-order valence-corrected chi connectivity index (χ3v) is 2.82. The van der Waals surface area contributed by atoms with Crippen LogP contribution >= 0.6 is 0 Å². The van der Waals surface area contributed by atoms with Gasteiger partial charge in [-0.1, -0.05) is 25.1 Å². The van der Waals surface area contributed by atoms with Gasteiger partial charge in [0.25, 0.3) is 0 Å². The third-order valence-electron chi connectivity index (χ3n) is 2.82. The molecular weight excluding hydrogens is 224 g/mol. The number of rotatable bonds is 10. The highest BCUT2D eigenvalue weighted by Gasteiger charge is 1.98. The minimum Gasteiger partial charge on any atom is -0.380 e. The quantitative estimate of drug-likeness (QED) is 0.646. The lowest BCUT2D eigenvalue weighted by atomic mass is 10.3. The molecule has 18 heavy (non-hydrogen) atoms. The molecule has 1 N–H and O–H groups in total. The van der Waals surface area contributed by atoms with Crippen LogP contribution in [-0.2, 0) is 4.74 Å². The molecule has 0 aliphatic heterocycles. The van der Waals surface area contributed by atoms with Crippen LogP contribution in [0.1, 0.15) is 19.8 Å². The van der Waals surface area contributed by atoms with E-state index in [0.717, 1.165) is 45.7 Å². The van der Waals surface area contributed by atoms with E-state index in [2.05, 4.69) is 54.5 Å². The van der Waals surface area contributed by atoms with Crippen molar-refractivity contribution >= 4 is 5.69 Å². The van der Waals surface area contributed by atoms with Crippen molar-refractivity contribution in [2.24, 2.45) is 0 Å². The molecule has 1 rings (SSSR count). The van der Waals surface area contributed by atoms with E-state index in [4.69, 9.17) is 4.74 Å². The molecule has 0 bridgehead atoms. The molecule has 0 amide bonds. The normalized spacial score (nSPS) is 10.6. The summed E-state index contributed by atoms with van der Waals surface area (Å²) in [5.41, 5.74) is 1.28. The molecule has 0 saturated heterocycles. The lowest BCUT2D eigenvalue weighted by molar-refractivity contribution is 0.136. The zero-order valence-electron chi connectivity index (χ0n) is 11.7. The molecule has 0 aliphatic carbocycles. The van der Waals surface area contributed by atoms with Gasteiger partial charge in [0.2, 0.25) is 0 Å². The van der Waals surface area contributed by atoms with Gasteiger partial charge in [-0.3, -0.25) is 0 Å². The van der Waals surface area contributed by atoms with E-state index in [1.165, 1.54) is 5.69 Å². The summed E-state index contributed by atoms with van der Waals surface area (Å²) in [5, 5.41) is 3.40. The van der Waals surface area contributed by atoms with Crippen LogP contribution < -0.4 is 10.2 Å². The maximum Gasteiger partial charge on any atom is 0.0590 e. The molecule has 0 unspecified atom stereocenters. The molecule has 0 atom stereocenters. The van der Waals surface area contributed by atoms with E-state index >= 15 is 0 Å². The van der Waals surface area contributed by atoms with Crippen molar-refractivity contribution in [2.45, 2.75) is 19.8 Å². The number of para-hydroxylation sites is 1. The molecule has 102 valence electrons. The Morgan fingerprint density at radius 3 is 2.61 bits per heavy atom. The summed E-state index contributed by atoms with van der Waals surface area (Å²) >= 11 is 0. The van der Waals surface area contributed by atoms with Crippen LogP contribution in [0.2, 0.25) is 0 Å². The van der Waals surface area contributed by atoms with E-state index in [9.17, 15) is 0 Å². The molecule has 0 fully saturated rings. The molecule has 0 aromatic heterocycles. The molecule has 3 nitrogen and oxygen atoms in total. The monoisotopic (exact) mass is 250 g/mol. The predicted octanol–water partition coefficient (Wildman–Crippen LogP) is 2.53. The van der Waals surface area contributed by atoms with Gasteiger partial charge >= 0.3 is 0 Å². The van der Waals surface area contributed by atoms with Gasteiger partial charge in [-0.25, -0.2) is 0 Å². The smallest absolute Gasteiger partial charge is 0.0590 e. The van der Waals surface area contributed by atoms with Crippen molar-refractivity contribution in [3.63, 3.8) is 0 Å². The van der Waals surface area contributed by atoms with Crippen molar-refractivity contribution in [1.29, 1.82) is 0 Å². The van der Waals surface area contributed by atoms with Crippen LogP contribution in [0.25, 0.3) is 0 Å². The molecule has 3 heteroatoms. The Morgan fingerprint density at radius 2 is 1.89 bits per heavy atom. The lowest BCUT2D eigenvalue weighted by Crippen LogP contribution is -2.26. The second-order valence-corrected chi connectivity index (χ2v) is 4.47. The fraction of sp³-hybridized carbons (Fsp3) is 0.600. The first-order valence-corrected chi connectivity index (χ1v) is 6.89. The molecule has 0 saturated carbocycles. The average molecular weight is 250 g/mol. The lowest BCUT2D eigenvalue weighted by Gasteiger charge is -2.19. The maximum absolute atomic E-state index is 5.41. The van der Waals surface area contributed by atoms with Crippen molar-refractivity contribution < 1.29 is 4.74 Å². The Labute approximate surface area is 111 Å². The van der Waals surface area contributed by atoms with Gasteiger partial charge in [-0.2, -0.15) is 0 Å². The van der Waals surface area contributed by atoms with E-state index < -0.39 is 0 Å². The number of nitrogens with one attached hydrogen (secondary N) is 1. The number of ether oxygens (including phenoxy) is 1. The summed E-state index contributed by atoms with van der Waals surface area (Å²) in [6, 6.07) is 10.5. The topological polar surface area (TPSA) is 24.5 Å². The van der Waals surface area contributed by atoms with Gasteiger partial charge < -0.3 is 15.0 Å². The van der Waals surface area contributed by atoms with Crippen LogP contribution in [0, 0.1) is 0 Å². The zero-order chi connectivity index (χ0) is 13.1. The van der Waals surface area contributed by atoms with Crippen LogP contribution in [0.3, 0.4) is 0 Å². The van der Waals surface area contributed by atoms with Gasteiger partial charge in [-0.05, 0) is 31.5 Å².